The van der Waals surface area contributed by atoms with Gasteiger partial charge in [-0.15, -0.1) is 0 Å². The summed E-state index contributed by atoms with van der Waals surface area (Å²) in [6, 6.07) is 8.18. The molecular weight excluding hydrogens is 206 g/mol. The smallest absolute Gasteiger partial charge is 0.00818 e. The average Bonchev–Trinajstić information content (AvgIpc) is 2.75. The summed E-state index contributed by atoms with van der Waals surface area (Å²) < 4.78 is 0. The lowest BCUT2D eigenvalue weighted by molar-refractivity contribution is 0.448. The summed E-state index contributed by atoms with van der Waals surface area (Å²) in [5.74, 6) is 0. The Hall–Kier alpha value is -0.820. The Morgan fingerprint density at radius 3 is 2.59 bits per heavy atom. The molecule has 0 amide bonds. The van der Waals surface area contributed by atoms with Crippen LogP contribution in [0.2, 0.25) is 0 Å². The zero-order valence-corrected chi connectivity index (χ0v) is 11.4. The topological polar surface area (TPSA) is 12.0 Å². The van der Waals surface area contributed by atoms with Crippen LogP contribution in [0.25, 0.3) is 0 Å². The maximum Gasteiger partial charge on any atom is 0.00818 e. The highest BCUT2D eigenvalue weighted by atomic mass is 14.9. The second kappa shape index (κ2) is 5.68. The first-order chi connectivity index (χ1) is 8.15. The van der Waals surface area contributed by atoms with Crippen molar-refractivity contribution in [3.63, 3.8) is 0 Å². The van der Waals surface area contributed by atoms with E-state index in [-0.39, 0.29) is 0 Å². The summed E-state index contributed by atoms with van der Waals surface area (Å²) in [4.78, 5) is 0. The van der Waals surface area contributed by atoms with Crippen molar-refractivity contribution in [1.29, 1.82) is 0 Å². The predicted molar refractivity (Wildman–Crippen MR) is 74.5 cm³/mol. The van der Waals surface area contributed by atoms with Gasteiger partial charge < -0.3 is 5.32 Å². The van der Waals surface area contributed by atoms with E-state index in [1.54, 1.807) is 0 Å². The highest BCUT2D eigenvalue weighted by molar-refractivity contribution is 5.30. The van der Waals surface area contributed by atoms with Gasteiger partial charge in [-0.2, -0.15) is 0 Å². The fraction of sp³-hybridized carbons (Fsp3) is 0.625. The summed E-state index contributed by atoms with van der Waals surface area (Å²) in [5.41, 5.74) is 4.29. The van der Waals surface area contributed by atoms with Crippen LogP contribution in [-0.2, 0) is 6.42 Å². The summed E-state index contributed by atoms with van der Waals surface area (Å²) in [6.45, 7) is 6.71. The van der Waals surface area contributed by atoms with Crippen LogP contribution >= 0.6 is 0 Å². The average molecular weight is 231 g/mol. The van der Waals surface area contributed by atoms with Crippen molar-refractivity contribution in [1.82, 2.24) is 5.32 Å². The van der Waals surface area contributed by atoms with Gasteiger partial charge in [0.05, 0.1) is 0 Å². The van der Waals surface area contributed by atoms with E-state index < -0.39 is 0 Å². The quantitative estimate of drug-likeness (QED) is 0.832. The molecule has 0 spiro atoms. The van der Waals surface area contributed by atoms with Gasteiger partial charge in [-0.1, -0.05) is 36.6 Å². The van der Waals surface area contributed by atoms with Crippen molar-refractivity contribution in [3.05, 3.63) is 34.9 Å². The number of hydrogen-bond donors (Lipinski definition) is 1. The van der Waals surface area contributed by atoms with E-state index in [2.05, 4.69) is 44.3 Å². The van der Waals surface area contributed by atoms with Crippen molar-refractivity contribution in [2.75, 3.05) is 0 Å². The molecule has 0 aromatic heterocycles. The van der Waals surface area contributed by atoms with Crippen LogP contribution in [0.5, 0.6) is 0 Å². The lowest BCUT2D eigenvalue weighted by Crippen LogP contribution is -2.36. The van der Waals surface area contributed by atoms with Crippen molar-refractivity contribution >= 4 is 0 Å². The molecule has 1 aliphatic rings. The van der Waals surface area contributed by atoms with Gasteiger partial charge in [0.15, 0.2) is 0 Å². The minimum absolute atomic E-state index is 0.597. The first kappa shape index (κ1) is 12.6. The molecule has 2 rings (SSSR count). The largest absolute Gasteiger partial charge is 0.311 e. The fourth-order valence-corrected chi connectivity index (χ4v) is 2.96. The van der Waals surface area contributed by atoms with Crippen LogP contribution < -0.4 is 5.32 Å². The third-order valence-electron chi connectivity index (χ3n) is 3.90. The Labute approximate surface area is 106 Å². The zero-order valence-electron chi connectivity index (χ0n) is 11.4. The Bertz CT molecular complexity index is 364. The molecule has 1 unspecified atom stereocenters. The van der Waals surface area contributed by atoms with Crippen molar-refractivity contribution in [3.8, 4) is 0 Å². The molecule has 1 N–H and O–H groups in total. The van der Waals surface area contributed by atoms with Crippen molar-refractivity contribution in [2.45, 2.75) is 65.0 Å². The van der Waals surface area contributed by atoms with Gasteiger partial charge in [0.2, 0.25) is 0 Å². The SMILES string of the molecule is Cc1ccc(CC(C)NC2CCCC2)c(C)c1. The van der Waals surface area contributed by atoms with Gasteiger partial charge in [-0.25, -0.2) is 0 Å². The molecule has 1 nitrogen and oxygen atoms in total. The molecule has 17 heavy (non-hydrogen) atoms. The monoisotopic (exact) mass is 231 g/mol. The van der Waals surface area contributed by atoms with Crippen LogP contribution in [0.4, 0.5) is 0 Å². The van der Waals surface area contributed by atoms with Gasteiger partial charge in [0.1, 0.15) is 0 Å². The fourth-order valence-electron chi connectivity index (χ4n) is 2.96. The number of nitrogens with one attached hydrogen (secondary N) is 1. The summed E-state index contributed by atoms with van der Waals surface area (Å²) >= 11 is 0. The molecule has 0 heterocycles. The second-order valence-corrected chi connectivity index (χ2v) is 5.68. The van der Waals surface area contributed by atoms with Gasteiger partial charge >= 0.3 is 0 Å². The Morgan fingerprint density at radius 1 is 1.24 bits per heavy atom. The molecule has 1 saturated carbocycles. The zero-order chi connectivity index (χ0) is 12.3. The molecule has 0 aliphatic heterocycles. The maximum atomic E-state index is 3.77. The molecule has 0 bridgehead atoms. The number of benzene rings is 1. The normalized spacial score (nSPS) is 18.5. The van der Waals surface area contributed by atoms with E-state index in [4.69, 9.17) is 0 Å². The molecule has 1 aromatic rings. The third-order valence-corrected chi connectivity index (χ3v) is 3.90. The molecule has 1 aromatic carbocycles. The summed E-state index contributed by atoms with van der Waals surface area (Å²) in [6.07, 6.45) is 6.72. The Balaban J connectivity index is 1.90. The van der Waals surface area contributed by atoms with E-state index in [9.17, 15) is 0 Å². The number of hydrogen-bond acceptors (Lipinski definition) is 1. The molecule has 1 atom stereocenters. The van der Waals surface area contributed by atoms with E-state index >= 15 is 0 Å². The van der Waals surface area contributed by atoms with Crippen LogP contribution in [0.15, 0.2) is 18.2 Å². The van der Waals surface area contributed by atoms with Crippen LogP contribution in [0.3, 0.4) is 0 Å². The number of rotatable bonds is 4. The summed E-state index contributed by atoms with van der Waals surface area (Å²) in [7, 11) is 0. The molecule has 1 aliphatic carbocycles. The van der Waals surface area contributed by atoms with Gasteiger partial charge in [0, 0.05) is 12.1 Å². The molecular formula is C16H25N. The second-order valence-electron chi connectivity index (χ2n) is 5.68. The Kier molecular flexibility index (Phi) is 4.22. The van der Waals surface area contributed by atoms with Gasteiger partial charge in [-0.3, -0.25) is 0 Å². The highest BCUT2D eigenvalue weighted by Crippen LogP contribution is 2.19. The van der Waals surface area contributed by atoms with Crippen molar-refractivity contribution < 1.29 is 0 Å². The first-order valence-corrected chi connectivity index (χ1v) is 6.97. The first-order valence-electron chi connectivity index (χ1n) is 6.97. The summed E-state index contributed by atoms with van der Waals surface area (Å²) in [5, 5.41) is 3.77. The lowest BCUT2D eigenvalue weighted by atomic mass is 9.99. The minimum Gasteiger partial charge on any atom is -0.311 e. The number of aryl methyl sites for hydroxylation is 2. The van der Waals surface area contributed by atoms with E-state index in [1.807, 2.05) is 0 Å². The molecule has 1 heteroatoms. The van der Waals surface area contributed by atoms with E-state index in [0.29, 0.717) is 6.04 Å². The molecule has 94 valence electrons. The van der Waals surface area contributed by atoms with Crippen molar-refractivity contribution in [2.24, 2.45) is 0 Å². The highest BCUT2D eigenvalue weighted by Gasteiger charge is 2.17. The predicted octanol–water partition coefficient (Wildman–Crippen LogP) is 3.77. The minimum atomic E-state index is 0.597. The lowest BCUT2D eigenvalue weighted by Gasteiger charge is -2.20. The molecule has 0 saturated heterocycles. The van der Waals surface area contributed by atoms with E-state index in [1.165, 1.54) is 42.4 Å². The van der Waals surface area contributed by atoms with Crippen LogP contribution in [0, 0.1) is 13.8 Å². The van der Waals surface area contributed by atoms with E-state index in [0.717, 1.165) is 12.5 Å². The van der Waals surface area contributed by atoms with Crippen LogP contribution in [0.1, 0.15) is 49.3 Å². The molecule has 1 fully saturated rings. The van der Waals surface area contributed by atoms with Crippen LogP contribution in [-0.4, -0.2) is 12.1 Å². The third kappa shape index (κ3) is 3.57. The standard InChI is InChI=1S/C16H25N/c1-12-8-9-15(13(2)10-12)11-14(3)17-16-6-4-5-7-16/h8-10,14,16-17H,4-7,11H2,1-3H3. The van der Waals surface area contributed by atoms with Gasteiger partial charge in [0.25, 0.3) is 0 Å². The van der Waals surface area contributed by atoms with Gasteiger partial charge in [-0.05, 0) is 51.2 Å². The Morgan fingerprint density at radius 2 is 1.94 bits per heavy atom. The molecule has 0 radical (unpaired) electrons. The maximum absolute atomic E-state index is 3.77.